The number of nitrogens with two attached hydrogens (primary N) is 1. The van der Waals surface area contributed by atoms with Gasteiger partial charge in [0.15, 0.2) is 0 Å². The highest BCUT2D eigenvalue weighted by Crippen LogP contribution is 2.31. The molecular weight excluding hydrogens is 290 g/mol. The molecule has 0 bridgehead atoms. The average Bonchev–Trinajstić information content (AvgIpc) is 2.59. The van der Waals surface area contributed by atoms with Gasteiger partial charge in [0.1, 0.15) is 11.9 Å². The number of likely N-dealkylation sites (tertiary alicyclic amines) is 1. The van der Waals surface area contributed by atoms with Crippen LogP contribution < -0.4 is 15.8 Å². The maximum Gasteiger partial charge on any atom is 0.220 e. The molecule has 5 heteroatoms. The minimum Gasteiger partial charge on any atom is -0.486 e. The summed E-state index contributed by atoms with van der Waals surface area (Å²) in [4.78, 5) is 13.6. The monoisotopic (exact) mass is 317 g/mol. The Bertz CT molecular complexity index is 553. The molecule has 0 aromatic heterocycles. The smallest absolute Gasteiger partial charge is 0.220 e. The number of piperidine rings is 1. The lowest BCUT2D eigenvalue weighted by Gasteiger charge is -2.30. The van der Waals surface area contributed by atoms with Gasteiger partial charge in [0.2, 0.25) is 5.91 Å². The molecule has 1 fully saturated rings. The number of carbonyl (C=O) groups excluding carboxylic acids is 1. The topological polar surface area (TPSA) is 67.6 Å². The molecule has 1 saturated heterocycles. The van der Waals surface area contributed by atoms with Crippen molar-refractivity contribution < 1.29 is 9.53 Å². The lowest BCUT2D eigenvalue weighted by atomic mass is 9.96. The molecule has 0 saturated carbocycles. The van der Waals surface area contributed by atoms with E-state index >= 15 is 0 Å². The van der Waals surface area contributed by atoms with Crippen molar-refractivity contribution in [3.8, 4) is 5.75 Å². The predicted molar refractivity (Wildman–Crippen MR) is 91.7 cm³/mol. The summed E-state index contributed by atoms with van der Waals surface area (Å²) in [5.41, 5.74) is 7.82. The minimum atomic E-state index is -0.143. The molecule has 0 aliphatic carbocycles. The number of rotatable bonds is 5. The predicted octanol–water partition coefficient (Wildman–Crippen LogP) is 2.01. The van der Waals surface area contributed by atoms with E-state index in [1.807, 2.05) is 0 Å². The van der Waals surface area contributed by atoms with E-state index in [-0.39, 0.29) is 17.9 Å². The van der Waals surface area contributed by atoms with Crippen molar-refractivity contribution in [3.63, 3.8) is 0 Å². The highest BCUT2D eigenvalue weighted by molar-refractivity contribution is 5.76. The third kappa shape index (κ3) is 3.96. The fourth-order valence-electron chi connectivity index (χ4n) is 3.37. The maximum atomic E-state index is 11.2. The van der Waals surface area contributed by atoms with Gasteiger partial charge in [-0.15, -0.1) is 0 Å². The Kier molecular flexibility index (Phi) is 5.06. The summed E-state index contributed by atoms with van der Waals surface area (Å²) in [6, 6.07) is 6.45. The van der Waals surface area contributed by atoms with Crippen LogP contribution in [-0.4, -0.2) is 43.1 Å². The van der Waals surface area contributed by atoms with E-state index in [4.69, 9.17) is 10.5 Å². The minimum absolute atomic E-state index is 0.0721. The fraction of sp³-hybridized carbons (Fsp3) is 0.611. The van der Waals surface area contributed by atoms with Crippen LogP contribution in [0.25, 0.3) is 0 Å². The van der Waals surface area contributed by atoms with Crippen molar-refractivity contribution in [1.82, 2.24) is 4.90 Å². The first-order valence-electron chi connectivity index (χ1n) is 8.71. The van der Waals surface area contributed by atoms with Crippen molar-refractivity contribution in [3.05, 3.63) is 23.8 Å². The number of carbonyl (C=O) groups is 1. The van der Waals surface area contributed by atoms with Gasteiger partial charge in [0.25, 0.3) is 0 Å². The first-order chi connectivity index (χ1) is 11.2. The zero-order valence-corrected chi connectivity index (χ0v) is 13.9. The van der Waals surface area contributed by atoms with Crippen LogP contribution in [0.15, 0.2) is 18.2 Å². The van der Waals surface area contributed by atoms with Gasteiger partial charge in [0, 0.05) is 12.5 Å². The normalized spacial score (nSPS) is 22.0. The zero-order chi connectivity index (χ0) is 16.2. The van der Waals surface area contributed by atoms with Crippen LogP contribution >= 0.6 is 0 Å². The summed E-state index contributed by atoms with van der Waals surface area (Å²) >= 11 is 0. The number of hydrogen-bond donors (Lipinski definition) is 2. The van der Waals surface area contributed by atoms with Gasteiger partial charge in [-0.1, -0.05) is 13.0 Å². The molecule has 2 heterocycles. The second-order valence-electron chi connectivity index (χ2n) is 6.63. The second-order valence-corrected chi connectivity index (χ2v) is 6.63. The number of primary amides is 1. The fourth-order valence-corrected chi connectivity index (χ4v) is 3.37. The highest BCUT2D eigenvalue weighted by atomic mass is 16.5. The number of nitrogens with one attached hydrogen (secondary N) is 1. The lowest BCUT2D eigenvalue weighted by molar-refractivity contribution is -0.123. The van der Waals surface area contributed by atoms with E-state index in [1.165, 1.54) is 5.56 Å². The summed E-state index contributed by atoms with van der Waals surface area (Å²) in [5.74, 6) is 0.896. The highest BCUT2D eigenvalue weighted by Gasteiger charge is 2.23. The molecule has 0 radical (unpaired) electrons. The Labute approximate surface area is 138 Å². The standard InChI is InChI=1S/C18H27N3O2/c1-2-15-12-20-16-11-13(3-4-17(16)23-15)5-8-21-9-6-14(7-10-21)18(19)22/h3-4,11,14-15,20H,2,5-10,12H2,1H3,(H2,19,22). The molecule has 0 spiro atoms. The van der Waals surface area contributed by atoms with Crippen LogP contribution in [0.4, 0.5) is 5.69 Å². The average molecular weight is 317 g/mol. The largest absolute Gasteiger partial charge is 0.486 e. The van der Waals surface area contributed by atoms with E-state index in [9.17, 15) is 4.79 Å². The molecule has 126 valence electrons. The van der Waals surface area contributed by atoms with Gasteiger partial charge in [-0.25, -0.2) is 0 Å². The number of ether oxygens (including phenoxy) is 1. The molecule has 1 aromatic rings. The van der Waals surface area contributed by atoms with E-state index in [1.54, 1.807) is 0 Å². The number of anilines is 1. The molecule has 23 heavy (non-hydrogen) atoms. The van der Waals surface area contributed by atoms with Crippen LogP contribution in [0.3, 0.4) is 0 Å². The molecule has 5 nitrogen and oxygen atoms in total. The molecule has 1 aromatic carbocycles. The van der Waals surface area contributed by atoms with E-state index in [0.29, 0.717) is 0 Å². The number of benzene rings is 1. The molecular formula is C18H27N3O2. The van der Waals surface area contributed by atoms with Gasteiger partial charge in [-0.3, -0.25) is 4.79 Å². The van der Waals surface area contributed by atoms with E-state index in [2.05, 4.69) is 35.3 Å². The Hall–Kier alpha value is -1.75. The van der Waals surface area contributed by atoms with E-state index < -0.39 is 0 Å². The van der Waals surface area contributed by atoms with Crippen molar-refractivity contribution in [2.45, 2.75) is 38.7 Å². The number of fused-ring (bicyclic) bond motifs is 1. The Morgan fingerprint density at radius 3 is 2.87 bits per heavy atom. The van der Waals surface area contributed by atoms with Gasteiger partial charge < -0.3 is 20.7 Å². The van der Waals surface area contributed by atoms with Crippen LogP contribution in [-0.2, 0) is 11.2 Å². The molecule has 2 aliphatic heterocycles. The maximum absolute atomic E-state index is 11.2. The second kappa shape index (κ2) is 7.21. The van der Waals surface area contributed by atoms with Gasteiger partial charge in [-0.05, 0) is 56.5 Å². The third-order valence-electron chi connectivity index (χ3n) is 5.02. The lowest BCUT2D eigenvalue weighted by Crippen LogP contribution is -2.39. The molecule has 3 N–H and O–H groups in total. The number of nitrogens with zero attached hydrogens (tertiary/aromatic N) is 1. The van der Waals surface area contributed by atoms with Gasteiger partial charge in [-0.2, -0.15) is 0 Å². The molecule has 3 rings (SSSR count). The molecule has 2 aliphatic rings. The van der Waals surface area contributed by atoms with Crippen LogP contribution in [0, 0.1) is 5.92 Å². The van der Waals surface area contributed by atoms with Crippen LogP contribution in [0.5, 0.6) is 5.75 Å². The van der Waals surface area contributed by atoms with Crippen LogP contribution in [0.1, 0.15) is 31.7 Å². The van der Waals surface area contributed by atoms with Crippen molar-refractivity contribution in [2.75, 3.05) is 31.5 Å². The number of hydrogen-bond acceptors (Lipinski definition) is 4. The summed E-state index contributed by atoms with van der Waals surface area (Å²) in [5, 5.41) is 3.47. The first-order valence-corrected chi connectivity index (χ1v) is 8.71. The third-order valence-corrected chi connectivity index (χ3v) is 5.02. The zero-order valence-electron chi connectivity index (χ0n) is 13.9. The van der Waals surface area contributed by atoms with Crippen molar-refractivity contribution in [1.29, 1.82) is 0 Å². The van der Waals surface area contributed by atoms with Crippen LogP contribution in [0.2, 0.25) is 0 Å². The molecule has 1 atom stereocenters. The van der Waals surface area contributed by atoms with Crippen molar-refractivity contribution >= 4 is 11.6 Å². The molecule has 1 amide bonds. The summed E-state index contributed by atoms with van der Waals surface area (Å²) in [6.07, 6.45) is 4.11. The molecule has 1 unspecified atom stereocenters. The van der Waals surface area contributed by atoms with Gasteiger partial charge in [0.05, 0.1) is 12.2 Å². The SMILES string of the molecule is CCC1CNc2cc(CCN3CCC(C(N)=O)CC3)ccc2O1. The summed E-state index contributed by atoms with van der Waals surface area (Å²) in [7, 11) is 0. The Morgan fingerprint density at radius 2 is 2.17 bits per heavy atom. The van der Waals surface area contributed by atoms with Crippen molar-refractivity contribution in [2.24, 2.45) is 11.7 Å². The Balaban J connectivity index is 1.51. The summed E-state index contributed by atoms with van der Waals surface area (Å²) < 4.78 is 5.95. The first kappa shape index (κ1) is 16.1. The van der Waals surface area contributed by atoms with Gasteiger partial charge >= 0.3 is 0 Å². The Morgan fingerprint density at radius 1 is 1.39 bits per heavy atom. The summed E-state index contributed by atoms with van der Waals surface area (Å²) in [6.45, 7) is 6.00. The quantitative estimate of drug-likeness (QED) is 0.872. The van der Waals surface area contributed by atoms with E-state index in [0.717, 1.165) is 63.3 Å². The number of amides is 1.